The summed E-state index contributed by atoms with van der Waals surface area (Å²) in [6.45, 7) is 1.53. The van der Waals surface area contributed by atoms with Gasteiger partial charge in [-0.05, 0) is 54.3 Å². The van der Waals surface area contributed by atoms with Crippen molar-refractivity contribution in [1.82, 2.24) is 14.9 Å². The number of carbonyl (C=O) groups excluding carboxylic acids is 1. The van der Waals surface area contributed by atoms with Crippen molar-refractivity contribution < 1.29 is 9.18 Å². The van der Waals surface area contributed by atoms with Crippen molar-refractivity contribution in [1.29, 1.82) is 0 Å². The number of hydrogen-bond acceptors (Lipinski definition) is 3. The van der Waals surface area contributed by atoms with E-state index in [1.807, 2.05) is 0 Å². The van der Waals surface area contributed by atoms with Gasteiger partial charge >= 0.3 is 0 Å². The van der Waals surface area contributed by atoms with Gasteiger partial charge < -0.3 is 10.2 Å². The molecule has 3 aromatic rings. The maximum atomic E-state index is 13.1. The van der Waals surface area contributed by atoms with E-state index in [1.54, 1.807) is 23.0 Å². The lowest BCUT2D eigenvalue weighted by atomic mass is 9.99. The molecule has 0 spiro atoms. The number of aryl methyl sites for hydroxylation is 1. The molecule has 1 aromatic heterocycles. The molecule has 5 nitrogen and oxygen atoms in total. The molecule has 0 saturated carbocycles. The van der Waals surface area contributed by atoms with Crippen LogP contribution in [-0.2, 0) is 13.0 Å². The molecule has 0 unspecified atom stereocenters. The van der Waals surface area contributed by atoms with Crippen LogP contribution < -0.4 is 10.2 Å². The zero-order chi connectivity index (χ0) is 18.8. The largest absolute Gasteiger partial charge is 0.374 e. The molecule has 1 aliphatic rings. The van der Waals surface area contributed by atoms with E-state index in [2.05, 4.69) is 40.4 Å². The van der Waals surface area contributed by atoms with Gasteiger partial charge in [-0.25, -0.2) is 9.37 Å². The number of hydrogen-bond donors (Lipinski definition) is 1. The van der Waals surface area contributed by atoms with Crippen LogP contribution in [0.15, 0.2) is 55.0 Å². The van der Waals surface area contributed by atoms with Crippen LogP contribution in [0.25, 0.3) is 5.69 Å². The summed E-state index contributed by atoms with van der Waals surface area (Å²) in [5, 5.41) is 2.95. The lowest BCUT2D eigenvalue weighted by Crippen LogP contribution is -2.26. The minimum atomic E-state index is -0.317. The molecule has 138 valence electrons. The monoisotopic (exact) mass is 364 g/mol. The first-order valence-electron chi connectivity index (χ1n) is 9.01. The summed E-state index contributed by atoms with van der Waals surface area (Å²) in [4.78, 5) is 19.0. The van der Waals surface area contributed by atoms with E-state index in [1.165, 1.54) is 29.6 Å². The maximum Gasteiger partial charge on any atom is 0.270 e. The standard InChI is InChI=1S/C21H21FN4O/c1-25-10-2-3-16-11-15(4-9-19(16)25)12-24-21(27)20-13-23-14-26(20)18-7-5-17(22)6-8-18/h4-9,11,13-14H,2-3,10,12H2,1H3,(H,24,27). The predicted molar refractivity (Wildman–Crippen MR) is 103 cm³/mol. The highest BCUT2D eigenvalue weighted by Crippen LogP contribution is 2.26. The number of rotatable bonds is 4. The molecule has 2 aromatic carbocycles. The summed E-state index contributed by atoms with van der Waals surface area (Å²) in [7, 11) is 2.11. The van der Waals surface area contributed by atoms with E-state index in [-0.39, 0.29) is 11.7 Å². The van der Waals surface area contributed by atoms with E-state index < -0.39 is 0 Å². The van der Waals surface area contributed by atoms with Gasteiger partial charge in [0.05, 0.1) is 12.5 Å². The van der Waals surface area contributed by atoms with E-state index in [0.29, 0.717) is 17.9 Å². The summed E-state index contributed by atoms with van der Waals surface area (Å²) in [6, 6.07) is 12.3. The molecule has 0 radical (unpaired) electrons. The third kappa shape index (κ3) is 3.56. The normalized spacial score (nSPS) is 13.3. The van der Waals surface area contributed by atoms with Crippen molar-refractivity contribution >= 4 is 11.6 Å². The number of fused-ring (bicyclic) bond motifs is 1. The third-order valence-corrected chi connectivity index (χ3v) is 4.92. The van der Waals surface area contributed by atoms with Gasteiger partial charge in [0.1, 0.15) is 11.5 Å². The second-order valence-corrected chi connectivity index (χ2v) is 6.80. The van der Waals surface area contributed by atoms with Gasteiger partial charge in [-0.15, -0.1) is 0 Å². The molecule has 6 heteroatoms. The number of anilines is 1. The minimum Gasteiger partial charge on any atom is -0.374 e. The molecule has 0 bridgehead atoms. The summed E-state index contributed by atoms with van der Waals surface area (Å²) in [5.41, 5.74) is 4.78. The molecule has 1 aliphatic heterocycles. The van der Waals surface area contributed by atoms with Crippen LogP contribution in [-0.4, -0.2) is 29.1 Å². The number of carbonyl (C=O) groups is 1. The van der Waals surface area contributed by atoms with Gasteiger partial charge in [0.2, 0.25) is 0 Å². The number of nitrogens with zero attached hydrogens (tertiary/aromatic N) is 3. The molecular formula is C21H21FN4O. The second-order valence-electron chi connectivity index (χ2n) is 6.80. The van der Waals surface area contributed by atoms with Gasteiger partial charge in [0, 0.05) is 31.5 Å². The Morgan fingerprint density at radius 3 is 2.85 bits per heavy atom. The highest BCUT2D eigenvalue weighted by atomic mass is 19.1. The van der Waals surface area contributed by atoms with Gasteiger partial charge in [-0.1, -0.05) is 12.1 Å². The zero-order valence-corrected chi connectivity index (χ0v) is 15.2. The minimum absolute atomic E-state index is 0.216. The van der Waals surface area contributed by atoms with Crippen LogP contribution >= 0.6 is 0 Å². The molecular weight excluding hydrogens is 343 g/mol. The highest BCUT2D eigenvalue weighted by Gasteiger charge is 2.15. The van der Waals surface area contributed by atoms with E-state index in [4.69, 9.17) is 0 Å². The highest BCUT2D eigenvalue weighted by molar-refractivity contribution is 5.93. The SMILES string of the molecule is CN1CCCc2cc(CNC(=O)c3cncn3-c3ccc(F)cc3)ccc21. The van der Waals surface area contributed by atoms with Crippen LogP contribution in [0.2, 0.25) is 0 Å². The summed E-state index contributed by atoms with van der Waals surface area (Å²) < 4.78 is 14.8. The quantitative estimate of drug-likeness (QED) is 0.773. The molecule has 27 heavy (non-hydrogen) atoms. The van der Waals surface area contributed by atoms with Crippen molar-refractivity contribution in [3.63, 3.8) is 0 Å². The molecule has 0 atom stereocenters. The zero-order valence-electron chi connectivity index (χ0n) is 15.2. The van der Waals surface area contributed by atoms with Crippen molar-refractivity contribution in [3.8, 4) is 5.69 Å². The van der Waals surface area contributed by atoms with Crippen molar-refractivity contribution in [2.75, 3.05) is 18.5 Å². The Balaban J connectivity index is 1.48. The lowest BCUT2D eigenvalue weighted by Gasteiger charge is -2.27. The lowest BCUT2D eigenvalue weighted by molar-refractivity contribution is 0.0944. The van der Waals surface area contributed by atoms with E-state index in [0.717, 1.165) is 24.9 Å². The van der Waals surface area contributed by atoms with Crippen molar-refractivity contribution in [2.45, 2.75) is 19.4 Å². The Bertz CT molecular complexity index is 965. The van der Waals surface area contributed by atoms with Crippen LogP contribution in [0.4, 0.5) is 10.1 Å². The first-order chi connectivity index (χ1) is 13.1. The molecule has 1 N–H and O–H groups in total. The Labute approximate surface area is 157 Å². The fourth-order valence-electron chi connectivity index (χ4n) is 3.49. The Morgan fingerprint density at radius 1 is 1.22 bits per heavy atom. The van der Waals surface area contributed by atoms with Gasteiger partial charge in [0.15, 0.2) is 0 Å². The van der Waals surface area contributed by atoms with Crippen LogP contribution in [0, 0.1) is 5.82 Å². The molecule has 0 saturated heterocycles. The van der Waals surface area contributed by atoms with Crippen LogP contribution in [0.3, 0.4) is 0 Å². The van der Waals surface area contributed by atoms with Gasteiger partial charge in [0.25, 0.3) is 5.91 Å². The number of amides is 1. The van der Waals surface area contributed by atoms with Gasteiger partial charge in [-0.3, -0.25) is 9.36 Å². The van der Waals surface area contributed by atoms with Crippen molar-refractivity contribution in [2.24, 2.45) is 0 Å². The first-order valence-corrected chi connectivity index (χ1v) is 9.01. The summed E-state index contributed by atoms with van der Waals surface area (Å²) >= 11 is 0. The van der Waals surface area contributed by atoms with Gasteiger partial charge in [-0.2, -0.15) is 0 Å². The smallest absolute Gasteiger partial charge is 0.270 e. The fraction of sp³-hybridized carbons (Fsp3) is 0.238. The number of benzene rings is 2. The average Bonchev–Trinajstić information content (AvgIpc) is 3.17. The van der Waals surface area contributed by atoms with E-state index >= 15 is 0 Å². The number of nitrogens with one attached hydrogen (secondary N) is 1. The Hall–Kier alpha value is -3.15. The van der Waals surface area contributed by atoms with Crippen LogP contribution in [0.1, 0.15) is 28.0 Å². The second kappa shape index (κ2) is 7.23. The third-order valence-electron chi connectivity index (χ3n) is 4.92. The Morgan fingerprint density at radius 2 is 2.04 bits per heavy atom. The fourth-order valence-corrected chi connectivity index (χ4v) is 3.49. The maximum absolute atomic E-state index is 13.1. The predicted octanol–water partition coefficient (Wildman–Crippen LogP) is 3.32. The number of imidazole rings is 1. The summed E-state index contributed by atoms with van der Waals surface area (Å²) in [6.07, 6.45) is 5.28. The topological polar surface area (TPSA) is 50.2 Å². The number of aromatic nitrogens is 2. The molecule has 0 fully saturated rings. The van der Waals surface area contributed by atoms with Crippen LogP contribution in [0.5, 0.6) is 0 Å². The Kier molecular flexibility index (Phi) is 4.62. The molecule has 1 amide bonds. The average molecular weight is 364 g/mol. The molecule has 0 aliphatic carbocycles. The summed E-state index contributed by atoms with van der Waals surface area (Å²) in [5.74, 6) is -0.533. The molecule has 2 heterocycles. The molecule has 4 rings (SSSR count). The number of halogens is 1. The first kappa shape index (κ1) is 17.3. The van der Waals surface area contributed by atoms with Crippen molar-refractivity contribution in [3.05, 3.63) is 77.6 Å². The van der Waals surface area contributed by atoms with E-state index in [9.17, 15) is 9.18 Å².